The molecule has 2 nitrogen and oxygen atoms in total. The molecule has 4 heteroatoms. The smallest absolute Gasteiger partial charge is 0.0149 e. The van der Waals surface area contributed by atoms with Crippen molar-refractivity contribution in [1.82, 2.24) is 3.80 Å². The number of nitrogens with one attached hydrogen (secondary N) is 1. The molecule has 0 radical (unpaired) electrons. The standard InChI is InChI=1S/C13H25NO.C9H13.C5H8.2CH3.H4Si.Ti/c14-13(15)12-10-8-6-4-2-1-3-5-7-9-11-12;1-6-5-7(2)9(4)8(6)3;1-3-5-4-2;;;;/h12H,1-11H2,(H2,14,15);6H,1-4H3;3-5H,1H2,2H3;2*1H3;1H4;/q;;;;;;+1/p-1. The molecule has 0 aromatic heterocycles. The van der Waals surface area contributed by atoms with E-state index in [2.05, 4.69) is 48.5 Å². The second-order valence-corrected chi connectivity index (χ2v) is 16.7. The third-order valence-electron chi connectivity index (χ3n) is 7.55. The molecule has 1 amide bonds. The Morgan fingerprint density at radius 1 is 0.909 bits per heavy atom. The van der Waals surface area contributed by atoms with Gasteiger partial charge in [-0.3, -0.25) is 0 Å². The number of hydrogen-bond acceptors (Lipinski definition) is 1. The zero-order valence-electron chi connectivity index (χ0n) is 22.3. The third kappa shape index (κ3) is 10.7. The van der Waals surface area contributed by atoms with Gasteiger partial charge in [-0.2, -0.15) is 0 Å². The van der Waals surface area contributed by atoms with Gasteiger partial charge in [-0.05, 0) is 17.9 Å². The van der Waals surface area contributed by atoms with Gasteiger partial charge in [0.2, 0.25) is 0 Å². The minimum atomic E-state index is -2.55. The zero-order valence-corrected chi connectivity index (χ0v) is 23.8. The van der Waals surface area contributed by atoms with Gasteiger partial charge >= 0.3 is 173 Å². The molecule has 33 heavy (non-hydrogen) atoms. The molecule has 0 aliphatic heterocycles. The van der Waals surface area contributed by atoms with E-state index < -0.39 is 16.8 Å². The van der Waals surface area contributed by atoms with Crippen LogP contribution >= 0.6 is 0 Å². The van der Waals surface area contributed by atoms with Crippen molar-refractivity contribution in [2.24, 2.45) is 11.8 Å². The maximum absolute atomic E-state index is 13.3. The van der Waals surface area contributed by atoms with Crippen molar-refractivity contribution < 1.29 is 21.6 Å². The Bertz CT molecular complexity index is 692. The first kappa shape index (κ1) is 32.4. The molecular weight excluding hydrogens is 454 g/mol. The summed E-state index contributed by atoms with van der Waals surface area (Å²) in [5, 5.41) is 4.77. The Morgan fingerprint density at radius 2 is 1.36 bits per heavy atom. The summed E-state index contributed by atoms with van der Waals surface area (Å²) in [7, 11) is 0. The molecule has 0 saturated heterocycles. The molecule has 1 atom stereocenters. The molecule has 1 unspecified atom stereocenters. The van der Waals surface area contributed by atoms with E-state index >= 15 is 0 Å². The number of carbonyl (C=O) groups excluding carboxylic acids is 1. The van der Waals surface area contributed by atoms with Crippen LogP contribution in [0, 0.1) is 11.8 Å². The second-order valence-electron chi connectivity index (χ2n) is 10.4. The summed E-state index contributed by atoms with van der Waals surface area (Å²) < 4.78 is 5.24. The molecule has 2 aliphatic carbocycles. The van der Waals surface area contributed by atoms with Gasteiger partial charge in [0.05, 0.1) is 0 Å². The van der Waals surface area contributed by atoms with Gasteiger partial charge in [-0.1, -0.05) is 24.8 Å². The van der Waals surface area contributed by atoms with Crippen molar-refractivity contribution in [3.8, 4) is 0 Å². The molecule has 0 aromatic rings. The third-order valence-corrected chi connectivity index (χ3v) is 12.3. The summed E-state index contributed by atoms with van der Waals surface area (Å²) in [5.41, 5.74) is 4.42. The van der Waals surface area contributed by atoms with Crippen LogP contribution in [0.4, 0.5) is 0 Å². The molecule has 1 saturated carbocycles. The minimum absolute atomic E-state index is 0. The summed E-state index contributed by atoms with van der Waals surface area (Å²) >= 11 is -2.55. The van der Waals surface area contributed by atoms with E-state index in [1.54, 1.807) is 9.95 Å². The number of rotatable bonds is 4. The van der Waals surface area contributed by atoms with Crippen molar-refractivity contribution in [2.45, 2.75) is 116 Å². The fourth-order valence-electron chi connectivity index (χ4n) is 5.41. The largest absolute Gasteiger partial charge is 0.0149 e. The molecule has 0 spiro atoms. The van der Waals surface area contributed by atoms with Crippen LogP contribution in [0.15, 0.2) is 45.4 Å². The van der Waals surface area contributed by atoms with Crippen LogP contribution in [0.3, 0.4) is 0 Å². The Balaban J connectivity index is 0.00000154. The quantitative estimate of drug-likeness (QED) is 0.305. The Hall–Kier alpha value is -0.639. The van der Waals surface area contributed by atoms with Gasteiger partial charge in [0.1, 0.15) is 0 Å². The van der Waals surface area contributed by atoms with Crippen LogP contribution in [-0.2, 0) is 21.6 Å². The molecule has 0 bridgehead atoms. The first-order chi connectivity index (χ1) is 15.2. The number of hydrogen-bond donors (Lipinski definition) is 1. The summed E-state index contributed by atoms with van der Waals surface area (Å²) in [5.74, 6) is 1.12. The summed E-state index contributed by atoms with van der Waals surface area (Å²) in [4.78, 5) is 13.3. The number of allylic oxidation sites excluding steroid dienone is 7. The topological polar surface area (TPSA) is 29.1 Å². The van der Waals surface area contributed by atoms with Gasteiger partial charge in [0.15, 0.2) is 0 Å². The van der Waals surface area contributed by atoms with Crippen molar-refractivity contribution in [3.63, 3.8) is 0 Å². The van der Waals surface area contributed by atoms with Gasteiger partial charge in [0, 0.05) is 0 Å². The number of amides is 1. The van der Waals surface area contributed by atoms with Gasteiger partial charge in [-0.25, -0.2) is 0 Å². The molecule has 2 aliphatic rings. The van der Waals surface area contributed by atoms with E-state index in [0.29, 0.717) is 11.8 Å². The Morgan fingerprint density at radius 3 is 1.70 bits per heavy atom. The van der Waals surface area contributed by atoms with E-state index in [-0.39, 0.29) is 16.9 Å². The molecule has 0 aromatic carbocycles. The van der Waals surface area contributed by atoms with Gasteiger partial charge in [-0.15, -0.1) is 0 Å². The van der Waals surface area contributed by atoms with Crippen LogP contribution in [0.1, 0.15) is 105 Å². The fourth-order valence-corrected chi connectivity index (χ4v) is 10.7. The van der Waals surface area contributed by atoms with Crippen LogP contribution in [0.2, 0.25) is 10.5 Å². The molecule has 190 valence electrons. The SMILES string of the molecule is C=CC=CC.CC1=C(C)C(C)[C]([Ti]([CH3])([CH3])[NH]C(=O)C2CCCCCCCCCCC2)=C1C.[SiH4]. The van der Waals surface area contributed by atoms with E-state index in [4.69, 9.17) is 0 Å². The number of carbonyl (C=O) groups is 1. The predicted octanol–water partition coefficient (Wildman–Crippen LogP) is 7.75. The van der Waals surface area contributed by atoms with Crippen LogP contribution < -0.4 is 3.80 Å². The molecule has 1 N–H and O–H groups in total. The first-order valence-corrected chi connectivity index (χ1v) is 17.8. The van der Waals surface area contributed by atoms with Gasteiger partial charge < -0.3 is 0 Å². The van der Waals surface area contributed by atoms with Crippen molar-refractivity contribution in [2.75, 3.05) is 0 Å². The van der Waals surface area contributed by atoms with Gasteiger partial charge in [0.25, 0.3) is 0 Å². The average molecular weight is 510 g/mol. The molecule has 2 rings (SSSR count). The monoisotopic (exact) mass is 509 g/mol. The average Bonchev–Trinajstić information content (AvgIpc) is 2.92. The van der Waals surface area contributed by atoms with E-state index in [9.17, 15) is 4.79 Å². The summed E-state index contributed by atoms with van der Waals surface area (Å²) in [6.07, 6.45) is 19.7. The van der Waals surface area contributed by atoms with Crippen LogP contribution in [-0.4, -0.2) is 16.9 Å². The van der Waals surface area contributed by atoms with Crippen molar-refractivity contribution >= 4 is 16.9 Å². The normalized spacial score (nSPS) is 21.5. The summed E-state index contributed by atoms with van der Waals surface area (Å²) in [6, 6.07) is 0. The molecule has 1 fully saturated rings. The van der Waals surface area contributed by atoms with Crippen molar-refractivity contribution in [1.29, 1.82) is 0 Å². The predicted molar refractivity (Wildman–Crippen MR) is 151 cm³/mol. The maximum Gasteiger partial charge on any atom is -0.0149 e. The fraction of sp³-hybridized carbons (Fsp3) is 0.690. The minimum Gasteiger partial charge on any atom is -0.0149 e. The van der Waals surface area contributed by atoms with Crippen molar-refractivity contribution in [3.05, 3.63) is 45.4 Å². The second kappa shape index (κ2) is 16.9. The molecule has 0 heterocycles. The molecular formula is C29H55NOSiTi. The van der Waals surface area contributed by atoms with E-state index in [1.807, 2.05) is 19.1 Å². The first-order valence-electron chi connectivity index (χ1n) is 13.1. The summed E-state index contributed by atoms with van der Waals surface area (Å²) in [6.45, 7) is 14.5. The van der Waals surface area contributed by atoms with Crippen LogP contribution in [0.5, 0.6) is 0 Å². The maximum atomic E-state index is 13.3. The zero-order chi connectivity index (χ0) is 24.1. The van der Waals surface area contributed by atoms with E-state index in [0.717, 1.165) is 12.8 Å². The Kier molecular flexibility index (Phi) is 16.6. The van der Waals surface area contributed by atoms with Crippen LogP contribution in [0.25, 0.3) is 0 Å². The Labute approximate surface area is 214 Å². The van der Waals surface area contributed by atoms with E-state index in [1.165, 1.54) is 74.5 Å².